The molecule has 2 aromatic heterocycles. The maximum absolute atomic E-state index is 14.9. The molecule has 39 heavy (non-hydrogen) atoms. The highest BCUT2D eigenvalue weighted by molar-refractivity contribution is 7.20. The summed E-state index contributed by atoms with van der Waals surface area (Å²) in [5.41, 5.74) is -3.10. The van der Waals surface area contributed by atoms with E-state index in [0.29, 0.717) is 4.88 Å². The minimum absolute atomic E-state index is 0.103. The van der Waals surface area contributed by atoms with Crippen molar-refractivity contribution in [3.05, 3.63) is 70.9 Å². The van der Waals surface area contributed by atoms with E-state index >= 15 is 0 Å². The quantitative estimate of drug-likeness (QED) is 0.210. The van der Waals surface area contributed by atoms with Crippen LogP contribution in [0, 0.1) is 0 Å². The first kappa shape index (κ1) is 26.7. The van der Waals surface area contributed by atoms with E-state index < -0.39 is 36.6 Å². The number of nitrogens with zero attached hydrogens (tertiary/aromatic N) is 3. The Morgan fingerprint density at radius 1 is 1.03 bits per heavy atom. The van der Waals surface area contributed by atoms with Gasteiger partial charge in [0.1, 0.15) is 5.75 Å². The normalized spacial score (nSPS) is 18.5. The molecule has 0 aliphatic carbocycles. The van der Waals surface area contributed by atoms with Gasteiger partial charge in [0.2, 0.25) is 5.82 Å². The summed E-state index contributed by atoms with van der Waals surface area (Å²) in [7, 11) is 0. The van der Waals surface area contributed by atoms with Gasteiger partial charge in [-0.2, -0.15) is 31.6 Å². The van der Waals surface area contributed by atoms with Gasteiger partial charge in [-0.3, -0.25) is 4.79 Å². The van der Waals surface area contributed by atoms with Crippen molar-refractivity contribution in [3.8, 4) is 5.75 Å². The number of ether oxygens (including phenoxy) is 1. The van der Waals surface area contributed by atoms with Crippen LogP contribution in [-0.4, -0.2) is 45.5 Å². The van der Waals surface area contributed by atoms with E-state index in [1.807, 2.05) is 12.1 Å². The number of alkyl halides is 6. The lowest BCUT2D eigenvalue weighted by Crippen LogP contribution is -2.58. The summed E-state index contributed by atoms with van der Waals surface area (Å²) in [6.45, 7) is -0.257. The number of thiophene rings is 1. The minimum atomic E-state index is -4.93. The fraction of sp³-hybridized carbons (Fsp3) is 0.280. The van der Waals surface area contributed by atoms with Crippen LogP contribution in [0.5, 0.6) is 5.75 Å². The topological polar surface area (TPSA) is 92.8 Å². The Morgan fingerprint density at radius 3 is 2.41 bits per heavy atom. The number of aromatic nitrogens is 4. The molecule has 1 aliphatic heterocycles. The van der Waals surface area contributed by atoms with Crippen molar-refractivity contribution in [1.82, 2.24) is 25.9 Å². The molecule has 2 aromatic carbocycles. The summed E-state index contributed by atoms with van der Waals surface area (Å²) < 4.78 is 87.7. The highest BCUT2D eigenvalue weighted by atomic mass is 32.1. The zero-order chi connectivity index (χ0) is 27.8. The number of halogens is 6. The van der Waals surface area contributed by atoms with E-state index in [1.165, 1.54) is 23.5 Å². The monoisotopic (exact) mass is 567 g/mol. The second kappa shape index (κ2) is 9.98. The number of amides is 1. The van der Waals surface area contributed by atoms with Crippen LogP contribution in [0.3, 0.4) is 0 Å². The molecule has 7 nitrogen and oxygen atoms in total. The molecule has 1 unspecified atom stereocenters. The summed E-state index contributed by atoms with van der Waals surface area (Å²) in [5, 5.41) is 16.3. The number of carbonyl (C=O) groups is 1. The van der Waals surface area contributed by atoms with Crippen LogP contribution in [0.25, 0.3) is 21.2 Å². The Morgan fingerprint density at radius 2 is 1.77 bits per heavy atom. The molecule has 0 spiro atoms. The second-order valence-corrected chi connectivity index (χ2v) is 9.95. The lowest BCUT2D eigenvalue weighted by molar-refractivity contribution is -0.201. The van der Waals surface area contributed by atoms with Crippen LogP contribution in [0.2, 0.25) is 0 Å². The number of hydrogen-bond donors (Lipinski definition) is 2. The zero-order valence-electron chi connectivity index (χ0n) is 19.9. The minimum Gasteiger partial charge on any atom is -0.494 e. The van der Waals surface area contributed by atoms with Crippen molar-refractivity contribution in [2.75, 3.05) is 6.61 Å². The van der Waals surface area contributed by atoms with Gasteiger partial charge in [-0.15, -0.1) is 21.5 Å². The molecule has 5 rings (SSSR count). The first-order valence-corrected chi connectivity index (χ1v) is 12.4. The Balaban J connectivity index is 1.53. The molecule has 204 valence electrons. The van der Waals surface area contributed by atoms with Gasteiger partial charge in [0.15, 0.2) is 5.54 Å². The summed E-state index contributed by atoms with van der Waals surface area (Å²) in [6.07, 6.45) is -11.3. The standard InChI is InChI=1S/C25H19F6N5O2S/c26-24(27,28)10-3-11-38-16-8-6-15(7-9-16)23(25(29,30)31)13-17(19-12-14-4-1-2-5-18(14)39-19)20(22(37)32-23)21-33-35-36-34-21/h1-2,4-9,12H,3,10-11,13H2,(H,32,37)(H,33,34,35,36). The molecule has 0 fully saturated rings. The molecule has 0 radical (unpaired) electrons. The highest BCUT2D eigenvalue weighted by Gasteiger charge is 2.60. The first-order valence-electron chi connectivity index (χ1n) is 11.6. The number of hydrogen-bond acceptors (Lipinski definition) is 6. The number of carbonyl (C=O) groups excluding carboxylic acids is 1. The lowest BCUT2D eigenvalue weighted by Gasteiger charge is -2.41. The van der Waals surface area contributed by atoms with Gasteiger partial charge < -0.3 is 10.1 Å². The number of tetrazole rings is 1. The number of H-pyrrole nitrogens is 1. The van der Waals surface area contributed by atoms with Crippen LogP contribution >= 0.6 is 11.3 Å². The lowest BCUT2D eigenvalue weighted by atomic mass is 9.77. The van der Waals surface area contributed by atoms with Gasteiger partial charge in [0.25, 0.3) is 5.91 Å². The Kier molecular flexibility index (Phi) is 6.83. The van der Waals surface area contributed by atoms with Gasteiger partial charge in [-0.05, 0) is 52.4 Å². The number of nitrogens with one attached hydrogen (secondary N) is 2. The molecule has 0 bridgehead atoms. The van der Waals surface area contributed by atoms with Crippen molar-refractivity contribution < 1.29 is 35.9 Å². The fourth-order valence-electron chi connectivity index (χ4n) is 4.44. The van der Waals surface area contributed by atoms with Gasteiger partial charge in [0, 0.05) is 22.4 Å². The van der Waals surface area contributed by atoms with Crippen molar-refractivity contribution >= 4 is 38.5 Å². The average molecular weight is 568 g/mol. The second-order valence-electron chi connectivity index (χ2n) is 8.86. The van der Waals surface area contributed by atoms with E-state index in [2.05, 4.69) is 25.9 Å². The molecule has 3 heterocycles. The molecule has 1 aliphatic rings. The van der Waals surface area contributed by atoms with Gasteiger partial charge in [0.05, 0.1) is 12.2 Å². The molecule has 0 saturated heterocycles. The van der Waals surface area contributed by atoms with Crippen LogP contribution in [-0.2, 0) is 10.3 Å². The third-order valence-electron chi connectivity index (χ3n) is 6.29. The number of rotatable bonds is 7. The van der Waals surface area contributed by atoms with E-state index in [1.54, 1.807) is 18.2 Å². The number of aromatic amines is 1. The molecular formula is C25H19F6N5O2S. The first-order chi connectivity index (χ1) is 18.5. The van der Waals surface area contributed by atoms with E-state index in [-0.39, 0.29) is 41.3 Å². The summed E-state index contributed by atoms with van der Waals surface area (Å²) in [5.74, 6) is -1.06. The van der Waals surface area contributed by atoms with Crippen molar-refractivity contribution in [3.63, 3.8) is 0 Å². The molecule has 1 amide bonds. The Labute approximate surface area is 220 Å². The summed E-state index contributed by atoms with van der Waals surface area (Å²) in [4.78, 5) is 13.8. The third-order valence-corrected chi connectivity index (χ3v) is 7.47. The van der Waals surface area contributed by atoms with E-state index in [9.17, 15) is 31.1 Å². The molecular weight excluding hydrogens is 548 g/mol. The molecule has 0 saturated carbocycles. The summed E-state index contributed by atoms with van der Waals surface area (Å²) in [6, 6.07) is 13.7. The van der Waals surface area contributed by atoms with Crippen LogP contribution < -0.4 is 10.1 Å². The largest absolute Gasteiger partial charge is 0.494 e. The van der Waals surface area contributed by atoms with Gasteiger partial charge >= 0.3 is 12.4 Å². The molecule has 4 aromatic rings. The van der Waals surface area contributed by atoms with Crippen molar-refractivity contribution in [1.29, 1.82) is 0 Å². The van der Waals surface area contributed by atoms with E-state index in [0.717, 1.165) is 22.2 Å². The molecule has 14 heteroatoms. The predicted octanol–water partition coefficient (Wildman–Crippen LogP) is 6.02. The van der Waals surface area contributed by atoms with Crippen molar-refractivity contribution in [2.45, 2.75) is 37.2 Å². The molecule has 2 N–H and O–H groups in total. The van der Waals surface area contributed by atoms with Gasteiger partial charge in [-0.1, -0.05) is 30.3 Å². The Hall–Kier alpha value is -3.94. The third kappa shape index (κ3) is 5.33. The predicted molar refractivity (Wildman–Crippen MR) is 131 cm³/mol. The Bertz CT molecular complexity index is 1480. The zero-order valence-corrected chi connectivity index (χ0v) is 20.7. The maximum atomic E-state index is 14.9. The average Bonchev–Trinajstić information content (AvgIpc) is 3.55. The van der Waals surface area contributed by atoms with Crippen LogP contribution in [0.1, 0.15) is 35.5 Å². The SMILES string of the molecule is O=C1NC(c2ccc(OCCCC(F)(F)F)cc2)(C(F)(F)F)CC(c2cc3ccccc3s2)=C1c1nn[nH]n1. The van der Waals surface area contributed by atoms with Crippen LogP contribution in [0.4, 0.5) is 26.3 Å². The molecule has 1 atom stereocenters. The van der Waals surface area contributed by atoms with Crippen LogP contribution in [0.15, 0.2) is 54.6 Å². The highest BCUT2D eigenvalue weighted by Crippen LogP contribution is 2.51. The maximum Gasteiger partial charge on any atom is 0.416 e. The summed E-state index contributed by atoms with van der Waals surface area (Å²) >= 11 is 1.24. The number of benzene rings is 2. The van der Waals surface area contributed by atoms with E-state index in [4.69, 9.17) is 4.74 Å². The smallest absolute Gasteiger partial charge is 0.416 e. The van der Waals surface area contributed by atoms with Gasteiger partial charge in [-0.25, -0.2) is 0 Å². The number of fused-ring (bicyclic) bond motifs is 1. The fourth-order valence-corrected chi connectivity index (χ4v) is 5.56. The van der Waals surface area contributed by atoms with Crippen molar-refractivity contribution in [2.24, 2.45) is 0 Å².